The zero-order valence-electron chi connectivity index (χ0n) is 23.2. The maximum absolute atomic E-state index is 13.9. The van der Waals surface area contributed by atoms with Crippen molar-refractivity contribution >= 4 is 12.0 Å². The van der Waals surface area contributed by atoms with Crippen LogP contribution in [-0.4, -0.2) is 71.8 Å². The largest absolute Gasteiger partial charge is 0.493 e. The molecule has 6 rings (SSSR count). The van der Waals surface area contributed by atoms with Crippen LogP contribution in [0.3, 0.4) is 0 Å². The third-order valence-electron chi connectivity index (χ3n) is 9.61. The number of likely N-dealkylation sites (tertiary alicyclic amines) is 1. The van der Waals surface area contributed by atoms with Crippen molar-refractivity contribution < 1.29 is 19.4 Å². The van der Waals surface area contributed by atoms with Crippen LogP contribution in [0.4, 0.5) is 0 Å². The molecule has 2 aromatic rings. The maximum Gasteiger partial charge on any atom is 0.246 e. The smallest absolute Gasteiger partial charge is 0.246 e. The van der Waals surface area contributed by atoms with Crippen molar-refractivity contribution in [2.24, 2.45) is 5.92 Å². The molecular formula is C32H40N2O4. The Morgan fingerprint density at radius 1 is 1.29 bits per heavy atom. The van der Waals surface area contributed by atoms with Crippen LogP contribution in [0.25, 0.3) is 6.08 Å². The molecule has 1 spiro atoms. The van der Waals surface area contributed by atoms with Crippen LogP contribution in [0.1, 0.15) is 55.4 Å². The van der Waals surface area contributed by atoms with E-state index in [-0.39, 0.29) is 24.1 Å². The fourth-order valence-corrected chi connectivity index (χ4v) is 8.02. The van der Waals surface area contributed by atoms with Gasteiger partial charge >= 0.3 is 0 Å². The van der Waals surface area contributed by atoms with E-state index in [0.717, 1.165) is 36.3 Å². The van der Waals surface area contributed by atoms with E-state index in [9.17, 15) is 9.90 Å². The number of methoxy groups -OCH3 is 1. The summed E-state index contributed by atoms with van der Waals surface area (Å²) in [6, 6.07) is 12.2. The highest BCUT2D eigenvalue weighted by Crippen LogP contribution is 2.65. The summed E-state index contributed by atoms with van der Waals surface area (Å²) in [6.45, 7) is 7.89. The minimum Gasteiger partial charge on any atom is -0.493 e. The highest BCUT2D eigenvalue weighted by molar-refractivity contribution is 5.92. The Kier molecular flexibility index (Phi) is 6.11. The third kappa shape index (κ3) is 3.56. The van der Waals surface area contributed by atoms with Crippen molar-refractivity contribution in [2.45, 2.75) is 75.7 Å². The molecule has 2 aliphatic carbocycles. The number of hydrogen-bond acceptors (Lipinski definition) is 5. The Morgan fingerprint density at radius 2 is 2.11 bits per heavy atom. The monoisotopic (exact) mass is 516 g/mol. The number of ether oxygens (including phenoxy) is 2. The van der Waals surface area contributed by atoms with Gasteiger partial charge in [0.1, 0.15) is 6.10 Å². The number of carbonyl (C=O) groups is 1. The van der Waals surface area contributed by atoms with E-state index in [1.807, 2.05) is 29.2 Å². The molecule has 1 amide bonds. The summed E-state index contributed by atoms with van der Waals surface area (Å²) in [6.07, 6.45) is 6.25. The van der Waals surface area contributed by atoms with Gasteiger partial charge in [-0.3, -0.25) is 4.79 Å². The van der Waals surface area contributed by atoms with Gasteiger partial charge in [-0.2, -0.15) is 0 Å². The second-order valence-corrected chi connectivity index (χ2v) is 12.3. The van der Waals surface area contributed by atoms with E-state index in [1.54, 1.807) is 13.2 Å². The summed E-state index contributed by atoms with van der Waals surface area (Å²) in [5.74, 6) is 1.79. The Bertz CT molecular complexity index is 1290. The fourth-order valence-electron chi connectivity index (χ4n) is 8.02. The number of hydrogen-bond donors (Lipinski definition) is 1. The molecule has 6 nitrogen and oxygen atoms in total. The zero-order valence-corrected chi connectivity index (χ0v) is 23.2. The van der Waals surface area contributed by atoms with Gasteiger partial charge in [-0.05, 0) is 75.4 Å². The molecule has 1 saturated carbocycles. The number of carbonyl (C=O) groups excluding carboxylic acids is 1. The number of benzene rings is 2. The van der Waals surface area contributed by atoms with E-state index >= 15 is 0 Å². The molecule has 2 aliphatic heterocycles. The zero-order chi connectivity index (χ0) is 26.8. The van der Waals surface area contributed by atoms with E-state index in [0.29, 0.717) is 31.1 Å². The van der Waals surface area contributed by atoms with Crippen LogP contribution in [-0.2, 0) is 16.6 Å². The van der Waals surface area contributed by atoms with E-state index in [2.05, 4.69) is 50.9 Å². The van der Waals surface area contributed by atoms with Gasteiger partial charge in [-0.15, -0.1) is 0 Å². The number of amides is 1. The molecule has 2 bridgehead atoms. The molecule has 5 atom stereocenters. The number of nitrogens with zero attached hydrogens (tertiary/aromatic N) is 2. The van der Waals surface area contributed by atoms with Gasteiger partial charge in [0.2, 0.25) is 5.91 Å². The summed E-state index contributed by atoms with van der Waals surface area (Å²) in [5, 5.41) is 12.6. The molecule has 2 fully saturated rings. The summed E-state index contributed by atoms with van der Waals surface area (Å²) >= 11 is 0. The summed E-state index contributed by atoms with van der Waals surface area (Å²) in [7, 11) is 3.81. The fraction of sp³-hybridized carbons (Fsp3) is 0.531. The van der Waals surface area contributed by atoms with Gasteiger partial charge in [0.05, 0.1) is 24.2 Å². The molecule has 1 N–H and O–H groups in total. The Hall–Kier alpha value is -2.83. The lowest BCUT2D eigenvalue weighted by molar-refractivity contribution is -0.197. The van der Waals surface area contributed by atoms with Crippen LogP contribution >= 0.6 is 0 Å². The molecular weight excluding hydrogens is 476 g/mol. The lowest BCUT2D eigenvalue weighted by Crippen LogP contribution is -2.78. The molecule has 1 saturated heterocycles. The highest BCUT2D eigenvalue weighted by Gasteiger charge is 2.73. The molecule has 6 heteroatoms. The average molecular weight is 517 g/mol. The Labute approximate surface area is 226 Å². The van der Waals surface area contributed by atoms with Crippen molar-refractivity contribution in [3.8, 4) is 11.5 Å². The lowest BCUT2D eigenvalue weighted by Gasteiger charge is -2.64. The van der Waals surface area contributed by atoms with Crippen molar-refractivity contribution in [1.82, 2.24) is 9.80 Å². The van der Waals surface area contributed by atoms with E-state index < -0.39 is 11.0 Å². The van der Waals surface area contributed by atoms with E-state index in [1.165, 1.54) is 11.1 Å². The molecule has 0 aromatic heterocycles. The van der Waals surface area contributed by atoms with Crippen molar-refractivity contribution in [2.75, 3.05) is 27.2 Å². The maximum atomic E-state index is 13.9. The number of piperidine rings is 1. The van der Waals surface area contributed by atoms with Crippen LogP contribution in [0, 0.1) is 12.8 Å². The minimum absolute atomic E-state index is 0.000854. The second kappa shape index (κ2) is 9.13. The first-order valence-electron chi connectivity index (χ1n) is 14.0. The molecule has 2 aromatic carbocycles. The first-order valence-corrected chi connectivity index (χ1v) is 14.0. The molecule has 2 heterocycles. The first-order chi connectivity index (χ1) is 18.2. The van der Waals surface area contributed by atoms with Crippen LogP contribution in [0.5, 0.6) is 11.5 Å². The highest BCUT2D eigenvalue weighted by atomic mass is 16.5. The van der Waals surface area contributed by atoms with Gasteiger partial charge in [-0.1, -0.05) is 49.7 Å². The predicted octanol–water partition coefficient (Wildman–Crippen LogP) is 4.35. The van der Waals surface area contributed by atoms with Crippen LogP contribution < -0.4 is 9.47 Å². The lowest BCUT2D eigenvalue weighted by atomic mass is 9.48. The van der Waals surface area contributed by atoms with Gasteiger partial charge < -0.3 is 24.4 Å². The Balaban J connectivity index is 1.43. The standard InChI is InChI=1S/C32H40N2O4/c1-20(2)19-34(27(35)12-9-22-8-6-7-21(3)17-22)24-13-14-32(36)26-18-23-10-11-25(37-5)29-28(23)31(32,30(24)38-29)15-16-33(26)4/h6-12,17,20,24,26,30,36H,13-16,18-19H2,1-5H3/t24-,26+,30-,31-,32+/m0/s1. The molecule has 38 heavy (non-hydrogen) atoms. The number of likely N-dealkylation sites (N-methyl/N-ethyl adjacent to an activating group) is 1. The van der Waals surface area contributed by atoms with Crippen LogP contribution in [0.2, 0.25) is 0 Å². The van der Waals surface area contributed by atoms with Crippen LogP contribution in [0.15, 0.2) is 42.5 Å². The summed E-state index contributed by atoms with van der Waals surface area (Å²) in [4.78, 5) is 18.2. The average Bonchev–Trinajstić information content (AvgIpc) is 3.24. The third-order valence-corrected chi connectivity index (χ3v) is 9.61. The quantitative estimate of drug-likeness (QED) is 0.579. The topological polar surface area (TPSA) is 62.2 Å². The van der Waals surface area contributed by atoms with Gasteiger partial charge in [-0.25, -0.2) is 0 Å². The molecule has 4 aliphatic rings. The van der Waals surface area contributed by atoms with Gasteiger partial charge in [0.15, 0.2) is 11.5 Å². The van der Waals surface area contributed by atoms with Gasteiger partial charge in [0.25, 0.3) is 0 Å². The van der Waals surface area contributed by atoms with E-state index in [4.69, 9.17) is 9.47 Å². The predicted molar refractivity (Wildman–Crippen MR) is 149 cm³/mol. The number of aryl methyl sites for hydroxylation is 1. The molecule has 0 radical (unpaired) electrons. The summed E-state index contributed by atoms with van der Waals surface area (Å²) < 4.78 is 12.6. The normalized spacial score (nSPS) is 31.3. The SMILES string of the molecule is COc1ccc2c3c1O[C@H]1[C@@H](N(CC(C)C)C(=O)C=Cc4cccc(C)c4)CC[C@@]4(O)[C@@H](C2)N(C)CC[C@]314. The number of rotatable bonds is 6. The molecule has 202 valence electrons. The van der Waals surface area contributed by atoms with Gasteiger partial charge in [0, 0.05) is 24.2 Å². The van der Waals surface area contributed by atoms with Crippen molar-refractivity contribution in [3.05, 3.63) is 64.7 Å². The number of aliphatic hydroxyl groups is 1. The molecule has 0 unspecified atom stereocenters. The van der Waals surface area contributed by atoms with Crippen molar-refractivity contribution in [3.63, 3.8) is 0 Å². The first kappa shape index (κ1) is 25.4. The second-order valence-electron chi connectivity index (χ2n) is 12.3. The summed E-state index contributed by atoms with van der Waals surface area (Å²) in [5.41, 5.74) is 3.09. The Morgan fingerprint density at radius 3 is 2.84 bits per heavy atom. The van der Waals surface area contributed by atoms with Crippen molar-refractivity contribution in [1.29, 1.82) is 0 Å². The minimum atomic E-state index is -0.907.